The lowest BCUT2D eigenvalue weighted by molar-refractivity contribution is -0.156. The molecule has 4 heteroatoms. The average molecular weight is 360 g/mol. The number of aliphatic hydroxyl groups excluding tert-OH is 1. The second kappa shape index (κ2) is 5.92. The van der Waals surface area contributed by atoms with Gasteiger partial charge in [0.05, 0.1) is 12.0 Å². The SMILES string of the molecule is CC(=O)[C@H]1CC[C@H]2C3=C(CC[C@]12C)[C@@]1(C)CC[C@H](O)[C@@H](C(=O)O)C1CC3. The summed E-state index contributed by atoms with van der Waals surface area (Å²) in [4.78, 5) is 24.1. The Bertz CT molecular complexity index is 680. The fourth-order valence-electron chi connectivity index (χ4n) is 7.56. The number of carbonyl (C=O) groups is 2. The molecule has 0 spiro atoms. The van der Waals surface area contributed by atoms with E-state index in [-0.39, 0.29) is 22.7 Å². The summed E-state index contributed by atoms with van der Waals surface area (Å²) in [6, 6.07) is 0. The Morgan fingerprint density at radius 3 is 2.42 bits per heavy atom. The van der Waals surface area contributed by atoms with Crippen molar-refractivity contribution < 1.29 is 19.8 Å². The van der Waals surface area contributed by atoms with Crippen molar-refractivity contribution in [2.24, 2.45) is 34.5 Å². The molecule has 2 saturated carbocycles. The third kappa shape index (κ3) is 2.30. The monoisotopic (exact) mass is 360 g/mol. The van der Waals surface area contributed by atoms with Gasteiger partial charge in [-0.25, -0.2) is 0 Å². The second-order valence-corrected chi connectivity index (χ2v) is 9.84. The Balaban J connectivity index is 1.73. The van der Waals surface area contributed by atoms with E-state index in [9.17, 15) is 19.8 Å². The Morgan fingerprint density at radius 2 is 1.77 bits per heavy atom. The predicted octanol–water partition coefficient (Wildman–Crippen LogP) is 3.97. The molecule has 144 valence electrons. The van der Waals surface area contributed by atoms with E-state index in [0.717, 1.165) is 44.9 Å². The predicted molar refractivity (Wildman–Crippen MR) is 98.5 cm³/mol. The highest BCUT2D eigenvalue weighted by Crippen LogP contribution is 2.65. The number of hydrogen-bond acceptors (Lipinski definition) is 3. The molecule has 4 aliphatic carbocycles. The number of fused-ring (bicyclic) bond motifs is 4. The van der Waals surface area contributed by atoms with E-state index in [4.69, 9.17) is 0 Å². The van der Waals surface area contributed by atoms with Crippen molar-refractivity contribution in [1.82, 2.24) is 0 Å². The number of ketones is 1. The number of Topliss-reactive ketones (excluding diaryl/α,β-unsaturated/α-hetero) is 1. The molecule has 0 aromatic carbocycles. The highest BCUT2D eigenvalue weighted by atomic mass is 16.4. The van der Waals surface area contributed by atoms with Crippen LogP contribution in [0, 0.1) is 34.5 Å². The number of carbonyl (C=O) groups excluding carboxylic acids is 1. The zero-order valence-corrected chi connectivity index (χ0v) is 16.3. The molecule has 0 aliphatic heterocycles. The molecular weight excluding hydrogens is 328 g/mol. The van der Waals surface area contributed by atoms with Crippen molar-refractivity contribution in [3.8, 4) is 0 Å². The number of aliphatic carboxylic acids is 1. The zero-order chi connectivity index (χ0) is 18.9. The van der Waals surface area contributed by atoms with Crippen LogP contribution in [-0.4, -0.2) is 28.1 Å². The van der Waals surface area contributed by atoms with E-state index >= 15 is 0 Å². The van der Waals surface area contributed by atoms with E-state index in [1.165, 1.54) is 5.57 Å². The van der Waals surface area contributed by atoms with Crippen LogP contribution in [0.25, 0.3) is 0 Å². The quantitative estimate of drug-likeness (QED) is 0.731. The smallest absolute Gasteiger partial charge is 0.309 e. The van der Waals surface area contributed by atoms with Crippen molar-refractivity contribution in [2.45, 2.75) is 78.2 Å². The van der Waals surface area contributed by atoms with E-state index in [1.807, 2.05) is 0 Å². The molecule has 0 aromatic heterocycles. The summed E-state index contributed by atoms with van der Waals surface area (Å²) in [6.45, 7) is 6.33. The minimum atomic E-state index is -0.837. The number of rotatable bonds is 2. The first-order valence-corrected chi connectivity index (χ1v) is 10.3. The molecule has 0 aromatic rings. The van der Waals surface area contributed by atoms with E-state index in [2.05, 4.69) is 13.8 Å². The van der Waals surface area contributed by atoms with Crippen LogP contribution in [-0.2, 0) is 9.59 Å². The van der Waals surface area contributed by atoms with Crippen LogP contribution in [0.2, 0.25) is 0 Å². The number of hydrogen-bond donors (Lipinski definition) is 2. The molecule has 26 heavy (non-hydrogen) atoms. The third-order valence-electron chi connectivity index (χ3n) is 8.87. The standard InChI is InChI=1S/C22H32O4/c1-12(23)14-6-7-15-13-4-5-17-19(20(25)26)18(24)9-11-22(17,3)16(13)8-10-21(14,15)2/h14-15,17-19,24H,4-11H2,1-3H3,(H,25,26)/t14-,15+,17?,18+,19+,21-,22-/m1/s1. The first-order chi connectivity index (χ1) is 12.2. The van der Waals surface area contributed by atoms with Gasteiger partial charge in [0.15, 0.2) is 0 Å². The van der Waals surface area contributed by atoms with Gasteiger partial charge in [0.25, 0.3) is 0 Å². The van der Waals surface area contributed by atoms with Crippen LogP contribution in [0.15, 0.2) is 11.1 Å². The van der Waals surface area contributed by atoms with E-state index in [0.29, 0.717) is 18.1 Å². The Labute approximate surface area is 156 Å². The van der Waals surface area contributed by atoms with Crippen LogP contribution in [0.5, 0.6) is 0 Å². The Hall–Kier alpha value is -1.16. The minimum Gasteiger partial charge on any atom is -0.481 e. The van der Waals surface area contributed by atoms with Crippen LogP contribution < -0.4 is 0 Å². The highest BCUT2D eigenvalue weighted by molar-refractivity contribution is 5.79. The summed E-state index contributed by atoms with van der Waals surface area (Å²) >= 11 is 0. The molecule has 4 rings (SSSR count). The summed E-state index contributed by atoms with van der Waals surface area (Å²) in [5.74, 6) is -0.414. The minimum absolute atomic E-state index is 0.0388. The molecule has 4 nitrogen and oxygen atoms in total. The van der Waals surface area contributed by atoms with Gasteiger partial charge in [-0.3, -0.25) is 9.59 Å². The molecule has 2 fully saturated rings. The Morgan fingerprint density at radius 1 is 1.04 bits per heavy atom. The molecule has 1 unspecified atom stereocenters. The molecule has 0 radical (unpaired) electrons. The molecule has 0 amide bonds. The maximum absolute atomic E-state index is 12.2. The number of carboxylic acid groups (broad SMARTS) is 1. The summed E-state index contributed by atoms with van der Waals surface area (Å²) in [7, 11) is 0. The molecule has 0 bridgehead atoms. The van der Waals surface area contributed by atoms with Gasteiger partial charge in [-0.1, -0.05) is 25.0 Å². The molecule has 4 aliphatic rings. The number of carboxylic acids is 1. The van der Waals surface area contributed by atoms with Crippen LogP contribution in [0.1, 0.15) is 72.1 Å². The zero-order valence-electron chi connectivity index (χ0n) is 16.3. The maximum atomic E-state index is 12.2. The lowest BCUT2D eigenvalue weighted by Gasteiger charge is -2.56. The Kier molecular flexibility index (Phi) is 4.15. The molecular formula is C22H32O4. The third-order valence-corrected chi connectivity index (χ3v) is 8.87. The van der Waals surface area contributed by atoms with Crippen molar-refractivity contribution in [2.75, 3.05) is 0 Å². The van der Waals surface area contributed by atoms with Gasteiger partial charge in [0.1, 0.15) is 5.78 Å². The first kappa shape index (κ1) is 18.2. The summed E-state index contributed by atoms with van der Waals surface area (Å²) in [5.41, 5.74) is 3.06. The lowest BCUT2D eigenvalue weighted by atomic mass is 9.49. The van der Waals surface area contributed by atoms with Crippen LogP contribution in [0.3, 0.4) is 0 Å². The van der Waals surface area contributed by atoms with Crippen LogP contribution in [0.4, 0.5) is 0 Å². The van der Waals surface area contributed by atoms with Gasteiger partial charge in [0.2, 0.25) is 0 Å². The van der Waals surface area contributed by atoms with Gasteiger partial charge in [-0.05, 0) is 81.0 Å². The maximum Gasteiger partial charge on any atom is 0.309 e. The molecule has 2 N–H and O–H groups in total. The second-order valence-electron chi connectivity index (χ2n) is 9.84. The van der Waals surface area contributed by atoms with E-state index in [1.54, 1.807) is 12.5 Å². The van der Waals surface area contributed by atoms with Crippen molar-refractivity contribution >= 4 is 11.8 Å². The topological polar surface area (TPSA) is 74.6 Å². The first-order valence-electron chi connectivity index (χ1n) is 10.3. The van der Waals surface area contributed by atoms with Crippen molar-refractivity contribution in [3.63, 3.8) is 0 Å². The average Bonchev–Trinajstić information content (AvgIpc) is 2.92. The fourth-order valence-corrected chi connectivity index (χ4v) is 7.56. The number of allylic oxidation sites excluding steroid dienone is 2. The molecule has 0 saturated heterocycles. The summed E-state index contributed by atoms with van der Waals surface area (Å²) < 4.78 is 0. The largest absolute Gasteiger partial charge is 0.481 e. The van der Waals surface area contributed by atoms with Crippen molar-refractivity contribution in [1.29, 1.82) is 0 Å². The van der Waals surface area contributed by atoms with Gasteiger partial charge < -0.3 is 10.2 Å². The van der Waals surface area contributed by atoms with Crippen molar-refractivity contribution in [3.05, 3.63) is 11.1 Å². The van der Waals surface area contributed by atoms with Crippen LogP contribution >= 0.6 is 0 Å². The summed E-state index contributed by atoms with van der Waals surface area (Å²) in [6.07, 6.45) is 6.73. The summed E-state index contributed by atoms with van der Waals surface area (Å²) in [5, 5.41) is 20.1. The van der Waals surface area contributed by atoms with Gasteiger partial charge >= 0.3 is 5.97 Å². The van der Waals surface area contributed by atoms with Gasteiger partial charge in [-0.15, -0.1) is 0 Å². The highest BCUT2D eigenvalue weighted by Gasteiger charge is 2.58. The van der Waals surface area contributed by atoms with Gasteiger partial charge in [-0.2, -0.15) is 0 Å². The molecule has 0 heterocycles. The van der Waals surface area contributed by atoms with Gasteiger partial charge in [0, 0.05) is 5.92 Å². The van der Waals surface area contributed by atoms with E-state index < -0.39 is 18.0 Å². The number of aliphatic hydroxyl groups is 1. The lowest BCUT2D eigenvalue weighted by Crippen LogP contribution is -2.52. The fraction of sp³-hybridized carbons (Fsp3) is 0.818. The normalized spacial score (nSPS) is 47.8. The molecule has 7 atom stereocenters.